The zero-order chi connectivity index (χ0) is 11.0. The van der Waals surface area contributed by atoms with Crippen LogP contribution in [0, 0.1) is 6.92 Å². The second-order valence-electron chi connectivity index (χ2n) is 3.82. The van der Waals surface area contributed by atoms with Gasteiger partial charge in [0.1, 0.15) is 12.3 Å². The summed E-state index contributed by atoms with van der Waals surface area (Å²) < 4.78 is 2.04. The Labute approximate surface area is 93.6 Å². The van der Waals surface area contributed by atoms with Gasteiger partial charge in [-0.25, -0.2) is 4.98 Å². The van der Waals surface area contributed by atoms with Crippen molar-refractivity contribution < 1.29 is 0 Å². The highest BCUT2D eigenvalue weighted by atomic mass is 15.2. The number of hydrogen-bond donors (Lipinski definition) is 0. The van der Waals surface area contributed by atoms with Gasteiger partial charge in [0, 0.05) is 24.8 Å². The Bertz CT molecular complexity index is 580. The van der Waals surface area contributed by atoms with Crippen molar-refractivity contribution >= 4 is 17.5 Å². The molecular weight excluding hydrogens is 200 g/mol. The van der Waals surface area contributed by atoms with E-state index in [9.17, 15) is 0 Å². The molecule has 0 bridgehead atoms. The summed E-state index contributed by atoms with van der Waals surface area (Å²) in [6.45, 7) is 2.67. The molecule has 3 heterocycles. The van der Waals surface area contributed by atoms with Crippen molar-refractivity contribution in [2.24, 2.45) is 4.99 Å². The normalized spacial score (nSPS) is 14.9. The number of aliphatic imine (C=N–C) groups is 1. The number of allylic oxidation sites excluding steroid dienone is 1. The van der Waals surface area contributed by atoms with E-state index in [2.05, 4.69) is 27.1 Å². The molecule has 0 fully saturated rings. The number of imidazole rings is 1. The molecule has 0 aliphatic carbocycles. The van der Waals surface area contributed by atoms with Crippen LogP contribution in [0.2, 0.25) is 0 Å². The number of hydrogen-bond acceptors (Lipinski definition) is 3. The summed E-state index contributed by atoms with van der Waals surface area (Å²) in [7, 11) is 0. The predicted molar refractivity (Wildman–Crippen MR) is 64.9 cm³/mol. The van der Waals surface area contributed by atoms with Crippen LogP contribution < -0.4 is 4.90 Å². The molecule has 1 aliphatic rings. The average molecular weight is 212 g/mol. The molecule has 16 heavy (non-hydrogen) atoms. The zero-order valence-corrected chi connectivity index (χ0v) is 9.04. The minimum atomic E-state index is 0.676. The first-order valence-electron chi connectivity index (χ1n) is 5.21. The number of aryl methyl sites for hydroxylation is 1. The highest BCUT2D eigenvalue weighted by Crippen LogP contribution is 2.17. The molecule has 0 N–H and O–H groups in total. The first kappa shape index (κ1) is 9.15. The molecule has 4 heteroatoms. The quantitative estimate of drug-likeness (QED) is 0.724. The number of pyridine rings is 1. The van der Waals surface area contributed by atoms with Crippen LogP contribution in [-0.4, -0.2) is 22.3 Å². The van der Waals surface area contributed by atoms with E-state index >= 15 is 0 Å². The fourth-order valence-corrected chi connectivity index (χ4v) is 1.83. The van der Waals surface area contributed by atoms with E-state index < -0.39 is 0 Å². The monoisotopic (exact) mass is 212 g/mol. The number of nitrogens with zero attached hydrogens (tertiary/aromatic N) is 4. The van der Waals surface area contributed by atoms with Crippen molar-refractivity contribution in [2.45, 2.75) is 6.92 Å². The maximum Gasteiger partial charge on any atom is 0.137 e. The molecule has 0 saturated carbocycles. The van der Waals surface area contributed by atoms with Gasteiger partial charge in [-0.3, -0.25) is 4.99 Å². The molecule has 0 amide bonds. The molecule has 1 aliphatic heterocycles. The smallest absolute Gasteiger partial charge is 0.137 e. The summed E-state index contributed by atoms with van der Waals surface area (Å²) in [5.74, 6) is 0. The van der Waals surface area contributed by atoms with E-state index in [0.29, 0.717) is 6.67 Å². The summed E-state index contributed by atoms with van der Waals surface area (Å²) in [6.07, 6.45) is 9.87. The third-order valence-electron chi connectivity index (χ3n) is 2.58. The Balaban J connectivity index is 2.04. The van der Waals surface area contributed by atoms with Crippen LogP contribution in [0.25, 0.3) is 5.65 Å². The lowest BCUT2D eigenvalue weighted by atomic mass is 10.3. The Kier molecular flexibility index (Phi) is 1.99. The summed E-state index contributed by atoms with van der Waals surface area (Å²) in [5.41, 5.74) is 3.13. The fraction of sp³-hybridized carbons (Fsp3) is 0.167. The first-order valence-corrected chi connectivity index (χ1v) is 5.21. The van der Waals surface area contributed by atoms with Crippen molar-refractivity contribution in [3.05, 3.63) is 42.5 Å². The van der Waals surface area contributed by atoms with E-state index in [1.807, 2.05) is 42.1 Å². The maximum atomic E-state index is 4.40. The molecule has 2 aromatic heterocycles. The lowest BCUT2D eigenvalue weighted by Gasteiger charge is -2.19. The van der Waals surface area contributed by atoms with Crippen LogP contribution in [0.3, 0.4) is 0 Å². The van der Waals surface area contributed by atoms with Crippen LogP contribution in [0.4, 0.5) is 5.69 Å². The topological polar surface area (TPSA) is 32.9 Å². The van der Waals surface area contributed by atoms with Crippen LogP contribution >= 0.6 is 0 Å². The van der Waals surface area contributed by atoms with Gasteiger partial charge in [-0.1, -0.05) is 0 Å². The largest absolute Gasteiger partial charge is 0.327 e. The standard InChI is InChI=1S/C12H12N4/c1-10-7-16-8-11(3-4-12(16)14-10)15-6-2-5-13-9-15/h2-8H,9H2,1H3. The van der Waals surface area contributed by atoms with Gasteiger partial charge in [-0.05, 0) is 25.1 Å². The predicted octanol–water partition coefficient (Wildman–Crippen LogP) is 2.00. The zero-order valence-electron chi connectivity index (χ0n) is 9.04. The second kappa shape index (κ2) is 3.48. The van der Waals surface area contributed by atoms with Crippen LogP contribution in [0.5, 0.6) is 0 Å². The number of rotatable bonds is 1. The Morgan fingerprint density at radius 1 is 1.25 bits per heavy atom. The van der Waals surface area contributed by atoms with Gasteiger partial charge >= 0.3 is 0 Å². The van der Waals surface area contributed by atoms with E-state index in [0.717, 1.165) is 17.0 Å². The highest BCUT2D eigenvalue weighted by molar-refractivity contribution is 5.74. The summed E-state index contributed by atoms with van der Waals surface area (Å²) in [6, 6.07) is 4.08. The molecule has 0 radical (unpaired) electrons. The van der Waals surface area contributed by atoms with Crippen molar-refractivity contribution in [1.29, 1.82) is 0 Å². The third kappa shape index (κ3) is 1.48. The van der Waals surface area contributed by atoms with Crippen molar-refractivity contribution in [1.82, 2.24) is 9.38 Å². The second-order valence-corrected chi connectivity index (χ2v) is 3.82. The lowest BCUT2D eigenvalue weighted by Crippen LogP contribution is -2.18. The Morgan fingerprint density at radius 2 is 2.19 bits per heavy atom. The summed E-state index contributed by atoms with van der Waals surface area (Å²) >= 11 is 0. The Hall–Kier alpha value is -2.10. The molecule has 0 unspecified atom stereocenters. The maximum absolute atomic E-state index is 4.40. The molecule has 2 aromatic rings. The molecule has 4 nitrogen and oxygen atoms in total. The molecule has 0 aromatic carbocycles. The molecule has 0 spiro atoms. The van der Waals surface area contributed by atoms with Crippen LogP contribution in [-0.2, 0) is 0 Å². The molecule has 80 valence electrons. The van der Waals surface area contributed by atoms with Crippen molar-refractivity contribution in [3.8, 4) is 0 Å². The van der Waals surface area contributed by atoms with Gasteiger partial charge < -0.3 is 9.30 Å². The van der Waals surface area contributed by atoms with E-state index in [-0.39, 0.29) is 0 Å². The van der Waals surface area contributed by atoms with Crippen LogP contribution in [0.15, 0.2) is 41.8 Å². The van der Waals surface area contributed by atoms with Gasteiger partial charge in [0.15, 0.2) is 0 Å². The van der Waals surface area contributed by atoms with Gasteiger partial charge in [0.05, 0.1) is 11.4 Å². The summed E-state index contributed by atoms with van der Waals surface area (Å²) in [4.78, 5) is 10.7. The van der Waals surface area contributed by atoms with Crippen LogP contribution in [0.1, 0.15) is 5.69 Å². The molecule has 0 saturated heterocycles. The molecule has 0 atom stereocenters. The SMILES string of the molecule is Cc1cn2cc(N3C=CC=NC3)ccc2n1. The highest BCUT2D eigenvalue weighted by Gasteiger charge is 2.05. The number of aromatic nitrogens is 2. The lowest BCUT2D eigenvalue weighted by molar-refractivity contribution is 0.960. The van der Waals surface area contributed by atoms with Crippen molar-refractivity contribution in [2.75, 3.05) is 11.6 Å². The Morgan fingerprint density at radius 3 is 3.00 bits per heavy atom. The van der Waals surface area contributed by atoms with Gasteiger partial charge in [-0.2, -0.15) is 0 Å². The fourth-order valence-electron chi connectivity index (χ4n) is 1.83. The van der Waals surface area contributed by atoms with Gasteiger partial charge in [0.25, 0.3) is 0 Å². The van der Waals surface area contributed by atoms with E-state index in [1.54, 1.807) is 0 Å². The number of anilines is 1. The third-order valence-corrected chi connectivity index (χ3v) is 2.58. The number of fused-ring (bicyclic) bond motifs is 1. The minimum absolute atomic E-state index is 0.676. The van der Waals surface area contributed by atoms with Crippen molar-refractivity contribution in [3.63, 3.8) is 0 Å². The van der Waals surface area contributed by atoms with Gasteiger partial charge in [0.2, 0.25) is 0 Å². The van der Waals surface area contributed by atoms with E-state index in [4.69, 9.17) is 0 Å². The average Bonchev–Trinajstić information content (AvgIpc) is 2.69. The minimum Gasteiger partial charge on any atom is -0.327 e. The molecular formula is C12H12N4. The van der Waals surface area contributed by atoms with Gasteiger partial charge in [-0.15, -0.1) is 0 Å². The first-order chi connectivity index (χ1) is 7.83. The van der Waals surface area contributed by atoms with E-state index in [1.165, 1.54) is 0 Å². The summed E-state index contributed by atoms with van der Waals surface area (Å²) in [5, 5.41) is 0. The molecule has 3 rings (SSSR count).